The average Bonchev–Trinajstić information content (AvgIpc) is 2.68. The van der Waals surface area contributed by atoms with E-state index in [4.69, 9.17) is 5.73 Å². The van der Waals surface area contributed by atoms with Gasteiger partial charge in [-0.2, -0.15) is 5.10 Å². The van der Waals surface area contributed by atoms with Gasteiger partial charge in [-0.25, -0.2) is 4.39 Å². The highest BCUT2D eigenvalue weighted by Crippen LogP contribution is 2.24. The maximum absolute atomic E-state index is 13.4. The molecule has 3 N–H and O–H groups in total. The lowest BCUT2D eigenvalue weighted by atomic mass is 10.2. The van der Waals surface area contributed by atoms with Gasteiger partial charge in [0.2, 0.25) is 0 Å². The Morgan fingerprint density at radius 2 is 2.29 bits per heavy atom. The zero-order valence-electron chi connectivity index (χ0n) is 9.24. The third-order valence-electron chi connectivity index (χ3n) is 2.47. The molecule has 2 aromatic rings. The fraction of sp³-hybridized carbons (Fsp3) is 0.182. The van der Waals surface area contributed by atoms with Crippen LogP contribution in [0.25, 0.3) is 0 Å². The molecule has 0 saturated carbocycles. The van der Waals surface area contributed by atoms with Gasteiger partial charge in [0, 0.05) is 19.3 Å². The number of nitrogens with two attached hydrogens (primary N) is 1. The first-order chi connectivity index (χ1) is 8.08. The second-order valence-corrected chi connectivity index (χ2v) is 4.82. The summed E-state index contributed by atoms with van der Waals surface area (Å²) >= 11 is 1.91. The number of hydrogen-bond donors (Lipinski definition) is 2. The number of hydrogen-bond acceptors (Lipinski definition) is 3. The highest BCUT2D eigenvalue weighted by Gasteiger charge is 2.06. The summed E-state index contributed by atoms with van der Waals surface area (Å²) in [6, 6.07) is 4.92. The molecule has 0 spiro atoms. The molecule has 0 aliphatic rings. The van der Waals surface area contributed by atoms with E-state index in [-0.39, 0.29) is 5.82 Å². The molecule has 0 atom stereocenters. The summed E-state index contributed by atoms with van der Waals surface area (Å²) in [4.78, 5) is 0. The van der Waals surface area contributed by atoms with Crippen LogP contribution in [0.3, 0.4) is 0 Å². The Labute approximate surface area is 112 Å². The van der Waals surface area contributed by atoms with Gasteiger partial charge in [0.25, 0.3) is 0 Å². The molecule has 4 nitrogen and oxygen atoms in total. The van der Waals surface area contributed by atoms with Crippen molar-refractivity contribution in [2.45, 2.75) is 6.54 Å². The molecule has 1 heterocycles. The first-order valence-electron chi connectivity index (χ1n) is 5.03. The lowest BCUT2D eigenvalue weighted by molar-refractivity contribution is 0.621. The van der Waals surface area contributed by atoms with Crippen molar-refractivity contribution < 1.29 is 4.39 Å². The van der Waals surface area contributed by atoms with E-state index in [1.165, 1.54) is 6.07 Å². The van der Waals surface area contributed by atoms with Gasteiger partial charge < -0.3 is 11.1 Å². The van der Waals surface area contributed by atoms with Gasteiger partial charge in [-0.05, 0) is 34.7 Å². The van der Waals surface area contributed by atoms with Crippen molar-refractivity contribution in [2.24, 2.45) is 7.05 Å². The maximum Gasteiger partial charge on any atom is 0.138 e. The summed E-state index contributed by atoms with van der Waals surface area (Å²) < 4.78 is 15.7. The summed E-state index contributed by atoms with van der Waals surface area (Å²) in [6.45, 7) is 0.556. The number of nitrogens with one attached hydrogen (secondary N) is 1. The predicted molar refractivity (Wildman–Crippen MR) is 74.1 cm³/mol. The van der Waals surface area contributed by atoms with Crippen LogP contribution >= 0.6 is 22.6 Å². The minimum Gasteiger partial charge on any atom is -0.397 e. The van der Waals surface area contributed by atoms with E-state index in [0.29, 0.717) is 21.5 Å². The first kappa shape index (κ1) is 12.2. The van der Waals surface area contributed by atoms with Crippen molar-refractivity contribution in [3.8, 4) is 0 Å². The zero-order valence-corrected chi connectivity index (χ0v) is 11.4. The number of nitrogen functional groups attached to an aromatic ring is 1. The highest BCUT2D eigenvalue weighted by atomic mass is 127. The van der Waals surface area contributed by atoms with Crippen molar-refractivity contribution in [1.82, 2.24) is 9.78 Å². The SMILES string of the molecule is Cn1nccc1CNc1cc(F)c(I)cc1N. The van der Waals surface area contributed by atoms with Crippen LogP contribution in [0.4, 0.5) is 15.8 Å². The van der Waals surface area contributed by atoms with Crippen molar-refractivity contribution >= 4 is 34.0 Å². The van der Waals surface area contributed by atoms with Gasteiger partial charge in [-0.3, -0.25) is 4.68 Å². The quantitative estimate of drug-likeness (QED) is 0.663. The standard InChI is InChI=1S/C11H12FIN4/c1-17-7(2-3-16-17)6-15-11-4-8(12)9(13)5-10(11)14/h2-5,15H,6,14H2,1H3. The second-order valence-electron chi connectivity index (χ2n) is 3.65. The zero-order chi connectivity index (χ0) is 12.4. The predicted octanol–water partition coefficient (Wildman–Crippen LogP) is 2.36. The molecule has 1 aromatic heterocycles. The molecule has 0 aliphatic carbocycles. The number of anilines is 2. The van der Waals surface area contributed by atoms with Crippen molar-refractivity contribution in [3.63, 3.8) is 0 Å². The largest absolute Gasteiger partial charge is 0.397 e. The lowest BCUT2D eigenvalue weighted by Crippen LogP contribution is -2.07. The second kappa shape index (κ2) is 4.91. The van der Waals surface area contributed by atoms with E-state index in [0.717, 1.165) is 5.69 Å². The van der Waals surface area contributed by atoms with Crippen molar-refractivity contribution in [2.75, 3.05) is 11.1 Å². The van der Waals surface area contributed by atoms with Crippen LogP contribution in [0.1, 0.15) is 5.69 Å². The molecule has 0 radical (unpaired) electrons. The van der Waals surface area contributed by atoms with Crippen LogP contribution in [0.2, 0.25) is 0 Å². The molecule has 6 heteroatoms. The molecule has 0 fully saturated rings. The minimum absolute atomic E-state index is 0.271. The van der Waals surface area contributed by atoms with Crippen LogP contribution in [0.5, 0.6) is 0 Å². The minimum atomic E-state index is -0.271. The monoisotopic (exact) mass is 346 g/mol. The van der Waals surface area contributed by atoms with Crippen LogP contribution in [-0.2, 0) is 13.6 Å². The van der Waals surface area contributed by atoms with Crippen LogP contribution in [0, 0.1) is 9.39 Å². The van der Waals surface area contributed by atoms with Crippen LogP contribution in [0.15, 0.2) is 24.4 Å². The maximum atomic E-state index is 13.4. The Morgan fingerprint density at radius 3 is 2.94 bits per heavy atom. The lowest BCUT2D eigenvalue weighted by Gasteiger charge is -2.10. The number of nitrogens with zero attached hydrogens (tertiary/aromatic N) is 2. The number of rotatable bonds is 3. The van der Waals surface area contributed by atoms with E-state index < -0.39 is 0 Å². The Kier molecular flexibility index (Phi) is 3.51. The molecule has 2 rings (SSSR count). The van der Waals surface area contributed by atoms with E-state index in [1.54, 1.807) is 16.9 Å². The number of halogens is 2. The summed E-state index contributed by atoms with van der Waals surface area (Å²) in [5, 5.41) is 7.15. The summed E-state index contributed by atoms with van der Waals surface area (Å²) in [6.07, 6.45) is 1.72. The summed E-state index contributed by atoms with van der Waals surface area (Å²) in [5.74, 6) is -0.271. The van der Waals surface area contributed by atoms with E-state index in [1.807, 2.05) is 35.7 Å². The molecular formula is C11H12FIN4. The van der Waals surface area contributed by atoms with E-state index >= 15 is 0 Å². The molecule has 0 bridgehead atoms. The van der Waals surface area contributed by atoms with Gasteiger partial charge >= 0.3 is 0 Å². The average molecular weight is 346 g/mol. The van der Waals surface area contributed by atoms with Crippen molar-refractivity contribution in [1.29, 1.82) is 0 Å². The van der Waals surface area contributed by atoms with Crippen LogP contribution in [-0.4, -0.2) is 9.78 Å². The molecule has 0 unspecified atom stereocenters. The van der Waals surface area contributed by atoms with E-state index in [9.17, 15) is 4.39 Å². The highest BCUT2D eigenvalue weighted by molar-refractivity contribution is 14.1. The molecule has 1 aromatic carbocycles. The molecule has 0 amide bonds. The molecular weight excluding hydrogens is 334 g/mol. The molecule has 0 aliphatic heterocycles. The Bertz CT molecular complexity index is 538. The fourth-order valence-electron chi connectivity index (χ4n) is 1.48. The Morgan fingerprint density at radius 1 is 1.53 bits per heavy atom. The Hall–Kier alpha value is -1.31. The first-order valence-corrected chi connectivity index (χ1v) is 6.11. The van der Waals surface area contributed by atoms with E-state index in [2.05, 4.69) is 10.4 Å². The number of benzene rings is 1. The van der Waals surface area contributed by atoms with Gasteiger partial charge in [-0.1, -0.05) is 0 Å². The van der Waals surface area contributed by atoms with Gasteiger partial charge in [0.15, 0.2) is 0 Å². The molecule has 0 saturated heterocycles. The number of aromatic nitrogens is 2. The topological polar surface area (TPSA) is 55.9 Å². The normalized spacial score (nSPS) is 10.5. The third kappa shape index (κ3) is 2.68. The van der Waals surface area contributed by atoms with Gasteiger partial charge in [-0.15, -0.1) is 0 Å². The van der Waals surface area contributed by atoms with Gasteiger partial charge in [0.05, 0.1) is 27.2 Å². The fourth-order valence-corrected chi connectivity index (χ4v) is 1.97. The molecule has 17 heavy (non-hydrogen) atoms. The Balaban J connectivity index is 2.14. The summed E-state index contributed by atoms with van der Waals surface area (Å²) in [5.41, 5.74) is 7.96. The van der Waals surface area contributed by atoms with Gasteiger partial charge in [0.1, 0.15) is 5.82 Å². The number of aryl methyl sites for hydroxylation is 1. The molecule has 90 valence electrons. The summed E-state index contributed by atoms with van der Waals surface area (Å²) in [7, 11) is 1.86. The van der Waals surface area contributed by atoms with Crippen molar-refractivity contribution in [3.05, 3.63) is 39.5 Å². The third-order valence-corrected chi connectivity index (χ3v) is 3.30. The smallest absolute Gasteiger partial charge is 0.138 e. The van der Waals surface area contributed by atoms with Crippen LogP contribution < -0.4 is 11.1 Å².